The summed E-state index contributed by atoms with van der Waals surface area (Å²) in [5, 5.41) is 2.23. The Hall–Kier alpha value is -0.810. The molecule has 2 heterocycles. The van der Waals surface area contributed by atoms with Gasteiger partial charge in [-0.3, -0.25) is 10.1 Å². The molecule has 0 aromatic carbocycles. The molecule has 3 amide bonds. The number of carbonyl (C=O) groups is 2. The number of nitrogens with zero attached hydrogens (tertiary/aromatic N) is 1. The second-order valence-corrected chi connectivity index (χ2v) is 4.12. The van der Waals surface area contributed by atoms with Crippen molar-refractivity contribution in [1.82, 2.24) is 10.2 Å². The van der Waals surface area contributed by atoms with Gasteiger partial charge < -0.3 is 9.64 Å². The van der Waals surface area contributed by atoms with Crippen LogP contribution < -0.4 is 5.32 Å². The highest BCUT2D eigenvalue weighted by Gasteiger charge is 2.35. The molecule has 84 valence electrons. The summed E-state index contributed by atoms with van der Waals surface area (Å²) in [6.45, 7) is 1.13. The number of nitrogens with one attached hydrogen (secondary N) is 1. The van der Waals surface area contributed by atoms with E-state index in [-0.39, 0.29) is 24.1 Å². The van der Waals surface area contributed by atoms with Gasteiger partial charge in [-0.1, -0.05) is 0 Å². The lowest BCUT2D eigenvalue weighted by Crippen LogP contribution is -2.51. The molecule has 5 nitrogen and oxygen atoms in total. The highest BCUT2D eigenvalue weighted by Crippen LogP contribution is 2.25. The topological polar surface area (TPSA) is 58.6 Å². The highest BCUT2D eigenvalue weighted by molar-refractivity contribution is 6.28. The van der Waals surface area contributed by atoms with Gasteiger partial charge in [-0.25, -0.2) is 4.79 Å². The van der Waals surface area contributed by atoms with Crippen LogP contribution in [0.5, 0.6) is 0 Å². The molecule has 0 aromatic rings. The van der Waals surface area contributed by atoms with Crippen molar-refractivity contribution in [3.63, 3.8) is 0 Å². The Morgan fingerprint density at radius 3 is 2.47 bits per heavy atom. The summed E-state index contributed by atoms with van der Waals surface area (Å²) in [4.78, 5) is 24.1. The lowest BCUT2D eigenvalue weighted by atomic mass is 10.2. The normalized spacial score (nSPS) is 29.0. The number of likely N-dealkylation sites (tertiary alicyclic amines) is 1. The number of hydrogen-bond acceptors (Lipinski definition) is 3. The number of halogens is 1. The third-order valence-corrected chi connectivity index (χ3v) is 2.94. The van der Waals surface area contributed by atoms with Gasteiger partial charge >= 0.3 is 6.03 Å². The second kappa shape index (κ2) is 4.37. The minimum absolute atomic E-state index is 0.139. The number of alkyl halides is 1. The number of amides is 3. The second-order valence-electron chi connectivity index (χ2n) is 3.85. The van der Waals surface area contributed by atoms with Crippen molar-refractivity contribution in [3.05, 3.63) is 0 Å². The Balaban J connectivity index is 1.88. The first kappa shape index (κ1) is 10.7. The van der Waals surface area contributed by atoms with E-state index in [1.54, 1.807) is 4.90 Å². The Labute approximate surface area is 92.7 Å². The van der Waals surface area contributed by atoms with Gasteiger partial charge in [0, 0.05) is 13.1 Å². The van der Waals surface area contributed by atoms with Gasteiger partial charge in [0.2, 0.25) is 5.91 Å². The van der Waals surface area contributed by atoms with Gasteiger partial charge in [0.05, 0.1) is 12.2 Å². The minimum Gasteiger partial charge on any atom is -0.371 e. The Bertz CT molecular complexity index is 273. The molecule has 2 aliphatic heterocycles. The fraction of sp³-hybridized carbons (Fsp3) is 0.778. The average molecular weight is 233 g/mol. The summed E-state index contributed by atoms with van der Waals surface area (Å²) < 4.78 is 5.58. The molecule has 0 spiro atoms. The molecular weight excluding hydrogens is 220 g/mol. The van der Waals surface area contributed by atoms with Gasteiger partial charge in [0.1, 0.15) is 5.88 Å². The first-order chi connectivity index (χ1) is 7.19. The van der Waals surface area contributed by atoms with Gasteiger partial charge in [-0.15, -0.1) is 11.6 Å². The summed E-state index contributed by atoms with van der Waals surface area (Å²) in [5.74, 6) is -0.649. The standard InChI is InChI=1S/C9H13ClN2O3/c10-3-8(13)11-9(14)12-4-6-1-2-7(5-12)15-6/h6-7H,1-5H2,(H,11,13,14). The average Bonchev–Trinajstić information content (AvgIpc) is 2.57. The van der Waals surface area contributed by atoms with Crippen molar-refractivity contribution < 1.29 is 14.3 Å². The van der Waals surface area contributed by atoms with Gasteiger partial charge in [-0.2, -0.15) is 0 Å². The summed E-state index contributed by atoms with van der Waals surface area (Å²) in [6, 6.07) is -0.360. The molecule has 2 atom stereocenters. The number of morpholine rings is 1. The monoisotopic (exact) mass is 232 g/mol. The number of urea groups is 1. The molecule has 2 rings (SSSR count). The van der Waals surface area contributed by atoms with Crippen LogP contribution in [0.2, 0.25) is 0 Å². The number of ether oxygens (including phenoxy) is 1. The summed E-state index contributed by atoms with van der Waals surface area (Å²) >= 11 is 5.30. The molecule has 2 fully saturated rings. The van der Waals surface area contributed by atoms with Gasteiger partial charge in [-0.05, 0) is 12.8 Å². The fourth-order valence-corrected chi connectivity index (χ4v) is 2.08. The third kappa shape index (κ3) is 2.41. The van der Waals surface area contributed by atoms with Gasteiger partial charge in [0.25, 0.3) is 0 Å². The van der Waals surface area contributed by atoms with Crippen LogP contribution in [0.15, 0.2) is 0 Å². The quantitative estimate of drug-likeness (QED) is 0.663. The molecule has 0 saturated carbocycles. The first-order valence-electron chi connectivity index (χ1n) is 4.99. The van der Waals surface area contributed by atoms with Crippen LogP contribution in [-0.4, -0.2) is 48.0 Å². The predicted octanol–water partition coefficient (Wildman–Crippen LogP) is 0.325. The Kier molecular flexibility index (Phi) is 3.11. The summed E-state index contributed by atoms with van der Waals surface area (Å²) in [6.07, 6.45) is 2.27. The number of hydrogen-bond donors (Lipinski definition) is 1. The SMILES string of the molecule is O=C(CCl)NC(=O)N1CC2CCC(C1)O2. The predicted molar refractivity (Wildman–Crippen MR) is 53.7 cm³/mol. The maximum atomic E-state index is 11.6. The lowest BCUT2D eigenvalue weighted by Gasteiger charge is -2.31. The van der Waals surface area contributed by atoms with Crippen LogP contribution in [0.1, 0.15) is 12.8 Å². The van der Waals surface area contributed by atoms with E-state index < -0.39 is 5.91 Å². The maximum absolute atomic E-state index is 11.6. The van der Waals surface area contributed by atoms with Crippen molar-refractivity contribution in [3.8, 4) is 0 Å². The van der Waals surface area contributed by atoms with E-state index in [1.165, 1.54) is 0 Å². The van der Waals surface area contributed by atoms with Crippen molar-refractivity contribution in [2.75, 3.05) is 19.0 Å². The molecule has 2 unspecified atom stereocenters. The van der Waals surface area contributed by atoms with Crippen LogP contribution in [0, 0.1) is 0 Å². The maximum Gasteiger partial charge on any atom is 0.324 e. The van der Waals surface area contributed by atoms with Crippen LogP contribution >= 0.6 is 11.6 Å². The van der Waals surface area contributed by atoms with E-state index in [0.29, 0.717) is 13.1 Å². The molecule has 6 heteroatoms. The number of carbonyl (C=O) groups excluding carboxylic acids is 2. The molecule has 0 aromatic heterocycles. The van der Waals surface area contributed by atoms with Crippen LogP contribution in [-0.2, 0) is 9.53 Å². The number of fused-ring (bicyclic) bond motifs is 2. The Morgan fingerprint density at radius 1 is 1.33 bits per heavy atom. The van der Waals surface area contributed by atoms with E-state index in [2.05, 4.69) is 5.32 Å². The molecule has 0 aliphatic carbocycles. The van der Waals surface area contributed by atoms with Crippen LogP contribution in [0.3, 0.4) is 0 Å². The smallest absolute Gasteiger partial charge is 0.324 e. The van der Waals surface area contributed by atoms with Crippen molar-refractivity contribution in [2.24, 2.45) is 0 Å². The van der Waals surface area contributed by atoms with Crippen LogP contribution in [0.4, 0.5) is 4.79 Å². The fourth-order valence-electron chi connectivity index (χ4n) is 2.01. The minimum atomic E-state index is -0.458. The van der Waals surface area contributed by atoms with E-state index in [0.717, 1.165) is 12.8 Å². The van der Waals surface area contributed by atoms with Crippen LogP contribution in [0.25, 0.3) is 0 Å². The third-order valence-electron chi connectivity index (χ3n) is 2.70. The molecule has 15 heavy (non-hydrogen) atoms. The molecule has 2 bridgehead atoms. The molecule has 1 N–H and O–H groups in total. The van der Waals surface area contributed by atoms with E-state index in [4.69, 9.17) is 16.3 Å². The zero-order chi connectivity index (χ0) is 10.8. The molecule has 2 saturated heterocycles. The Morgan fingerprint density at radius 2 is 1.93 bits per heavy atom. The first-order valence-corrected chi connectivity index (χ1v) is 5.52. The zero-order valence-electron chi connectivity index (χ0n) is 8.24. The largest absolute Gasteiger partial charge is 0.371 e. The number of imide groups is 1. The highest BCUT2D eigenvalue weighted by atomic mass is 35.5. The lowest BCUT2D eigenvalue weighted by molar-refractivity contribution is -0.118. The van der Waals surface area contributed by atoms with Crippen molar-refractivity contribution in [2.45, 2.75) is 25.0 Å². The summed E-state index contributed by atoms with van der Waals surface area (Å²) in [7, 11) is 0. The van der Waals surface area contributed by atoms with Crippen molar-refractivity contribution >= 4 is 23.5 Å². The molecule has 0 radical (unpaired) electrons. The zero-order valence-corrected chi connectivity index (χ0v) is 9.00. The number of rotatable bonds is 1. The molecule has 2 aliphatic rings. The molecular formula is C9H13ClN2O3. The van der Waals surface area contributed by atoms with Crippen molar-refractivity contribution in [1.29, 1.82) is 0 Å². The van der Waals surface area contributed by atoms with E-state index >= 15 is 0 Å². The van der Waals surface area contributed by atoms with E-state index in [1.807, 2.05) is 0 Å². The van der Waals surface area contributed by atoms with Gasteiger partial charge in [0.15, 0.2) is 0 Å². The summed E-state index contributed by atoms with van der Waals surface area (Å²) in [5.41, 5.74) is 0. The van der Waals surface area contributed by atoms with E-state index in [9.17, 15) is 9.59 Å².